The summed E-state index contributed by atoms with van der Waals surface area (Å²) in [7, 11) is 1.43. The number of ketones is 3. The second kappa shape index (κ2) is 25.4. The fraction of sp³-hybridized carbons (Fsp3) is 0.500. The van der Waals surface area contributed by atoms with Gasteiger partial charge < -0.3 is 36.9 Å². The summed E-state index contributed by atoms with van der Waals surface area (Å²) in [6.07, 6.45) is 6.74. The maximum atomic E-state index is 14.7. The Hall–Kier alpha value is -5.91. The minimum Gasteiger partial charge on any atom is -0.492 e. The number of aryl methyl sites for hydroxylation is 2. The van der Waals surface area contributed by atoms with E-state index in [9.17, 15) is 34.0 Å². The van der Waals surface area contributed by atoms with Crippen LogP contribution in [0.1, 0.15) is 123 Å². The molecule has 7 N–H and O–H groups in total. The van der Waals surface area contributed by atoms with Gasteiger partial charge in [-0.3, -0.25) is 28.8 Å². The molecule has 14 nitrogen and oxygen atoms in total. The normalized spacial score (nSPS) is 16.7. The van der Waals surface area contributed by atoms with Crippen molar-refractivity contribution in [3.05, 3.63) is 82.4 Å². The Morgan fingerprint density at radius 2 is 1.53 bits per heavy atom. The zero-order valence-corrected chi connectivity index (χ0v) is 37.9. The van der Waals surface area contributed by atoms with Crippen LogP contribution in [0.4, 0.5) is 0 Å². The van der Waals surface area contributed by atoms with Gasteiger partial charge in [0.15, 0.2) is 17.3 Å². The second-order valence-electron chi connectivity index (χ2n) is 16.8. The van der Waals surface area contributed by atoms with Crippen molar-refractivity contribution < 1.29 is 38.2 Å². The van der Waals surface area contributed by atoms with Crippen LogP contribution in [0, 0.1) is 30.1 Å². The highest BCUT2D eigenvalue weighted by Crippen LogP contribution is 2.41. The number of Topliss-reactive ketones (excluding diaryl/α,β-unsaturated/α-hetero) is 3. The fourth-order valence-electron chi connectivity index (χ4n) is 8.25. The number of likely N-dealkylation sites (N-methyl/N-ethyl adjacent to an activating group) is 1. The predicted octanol–water partition coefficient (Wildman–Crippen LogP) is 6.01. The summed E-state index contributed by atoms with van der Waals surface area (Å²) in [5.41, 5.74) is 21.7. The first-order valence-electron chi connectivity index (χ1n) is 22.6. The lowest BCUT2D eigenvalue weighted by Gasteiger charge is -2.32. The third kappa shape index (κ3) is 14.3. The molecule has 4 atom stereocenters. The molecular formula is C50H66N6O8. The molecule has 1 aliphatic rings. The van der Waals surface area contributed by atoms with Gasteiger partial charge in [0.25, 0.3) is 0 Å². The minimum absolute atomic E-state index is 0.0411. The number of unbranched alkanes of at least 4 members (excludes halogenated alkanes) is 5. The number of amides is 3. The van der Waals surface area contributed by atoms with Gasteiger partial charge in [-0.1, -0.05) is 76.3 Å². The summed E-state index contributed by atoms with van der Waals surface area (Å²) in [4.78, 5) is 84.3. The van der Waals surface area contributed by atoms with Crippen molar-refractivity contribution in [1.82, 2.24) is 10.2 Å². The lowest BCUT2D eigenvalue weighted by molar-refractivity contribution is -0.143. The summed E-state index contributed by atoms with van der Waals surface area (Å²) in [5, 5.41) is 12.0. The minimum atomic E-state index is -1.31. The molecular weight excluding hydrogens is 813 g/mol. The molecule has 0 aromatic heterocycles. The first kappa shape index (κ1) is 50.7. The molecule has 14 heteroatoms. The average molecular weight is 879 g/mol. The van der Waals surface area contributed by atoms with Crippen LogP contribution in [0.5, 0.6) is 11.5 Å². The number of rotatable bonds is 23. The molecule has 0 unspecified atom stereocenters. The van der Waals surface area contributed by atoms with Crippen LogP contribution in [-0.2, 0) is 36.8 Å². The Kier molecular flexibility index (Phi) is 20.1. The van der Waals surface area contributed by atoms with Crippen LogP contribution in [0.3, 0.4) is 0 Å². The molecule has 0 aliphatic carbocycles. The molecule has 0 saturated carbocycles. The molecule has 3 aromatic carbocycles. The van der Waals surface area contributed by atoms with Gasteiger partial charge in [0.05, 0.1) is 18.0 Å². The van der Waals surface area contributed by atoms with Crippen LogP contribution in [0.25, 0.3) is 11.1 Å². The summed E-state index contributed by atoms with van der Waals surface area (Å²) in [6, 6.07) is 15.7. The van der Waals surface area contributed by atoms with E-state index < -0.39 is 53.8 Å². The number of nitriles is 1. The highest BCUT2D eigenvalue weighted by atomic mass is 16.5. The number of hydrogen-bond acceptors (Lipinski definition) is 11. The topological polar surface area (TPSA) is 238 Å². The number of primary amides is 1. The van der Waals surface area contributed by atoms with E-state index in [1.165, 1.54) is 37.6 Å². The molecule has 3 amide bonds. The van der Waals surface area contributed by atoms with E-state index >= 15 is 0 Å². The van der Waals surface area contributed by atoms with Crippen LogP contribution < -0.4 is 32.0 Å². The van der Waals surface area contributed by atoms with Crippen LogP contribution >= 0.6 is 0 Å². The zero-order chi connectivity index (χ0) is 46.8. The Balaban J connectivity index is 1.78. The van der Waals surface area contributed by atoms with Gasteiger partial charge in [0.1, 0.15) is 30.8 Å². The van der Waals surface area contributed by atoms with E-state index in [1.807, 2.05) is 25.1 Å². The maximum absolute atomic E-state index is 14.7. The number of ether oxygens (including phenoxy) is 2. The number of carbonyl (C=O) groups excluding carboxylic acids is 6. The quantitative estimate of drug-likeness (QED) is 0.0635. The first-order chi connectivity index (χ1) is 30.7. The van der Waals surface area contributed by atoms with Gasteiger partial charge in [-0.05, 0) is 72.7 Å². The van der Waals surface area contributed by atoms with E-state index in [4.69, 9.17) is 26.7 Å². The smallest absolute Gasteiger partial charge is 0.227 e. The highest BCUT2D eigenvalue weighted by molar-refractivity contribution is 6.01. The van der Waals surface area contributed by atoms with Crippen molar-refractivity contribution in [2.75, 3.05) is 33.4 Å². The highest BCUT2D eigenvalue weighted by Gasteiger charge is 2.37. The maximum Gasteiger partial charge on any atom is 0.227 e. The van der Waals surface area contributed by atoms with E-state index in [1.54, 1.807) is 49.4 Å². The van der Waals surface area contributed by atoms with Gasteiger partial charge in [-0.25, -0.2) is 0 Å². The summed E-state index contributed by atoms with van der Waals surface area (Å²) >= 11 is 0. The van der Waals surface area contributed by atoms with Crippen molar-refractivity contribution in [3.63, 3.8) is 0 Å². The molecule has 0 radical (unpaired) electrons. The summed E-state index contributed by atoms with van der Waals surface area (Å²) in [6.45, 7) is 6.32. The number of fused-ring (bicyclic) bond motifs is 5. The van der Waals surface area contributed by atoms with Gasteiger partial charge >= 0.3 is 0 Å². The number of nitrogens with zero attached hydrogens (tertiary/aromatic N) is 2. The van der Waals surface area contributed by atoms with Crippen molar-refractivity contribution >= 4 is 35.1 Å². The lowest BCUT2D eigenvalue weighted by Crippen LogP contribution is -2.46. The van der Waals surface area contributed by atoms with Crippen LogP contribution in [0.2, 0.25) is 0 Å². The van der Waals surface area contributed by atoms with Gasteiger partial charge in [-0.15, -0.1) is 0 Å². The molecule has 1 aliphatic heterocycles. The number of benzene rings is 3. The number of carbonyl (C=O) groups is 6. The van der Waals surface area contributed by atoms with E-state index in [0.29, 0.717) is 39.3 Å². The Morgan fingerprint density at radius 3 is 2.17 bits per heavy atom. The number of nitrogens with one attached hydrogen (secondary N) is 1. The molecule has 1 heterocycles. The molecule has 64 heavy (non-hydrogen) atoms. The zero-order valence-electron chi connectivity index (χ0n) is 37.9. The van der Waals surface area contributed by atoms with Crippen molar-refractivity contribution in [3.8, 4) is 28.7 Å². The first-order valence-corrected chi connectivity index (χ1v) is 22.6. The third-order valence-electron chi connectivity index (χ3n) is 11.7. The van der Waals surface area contributed by atoms with Crippen LogP contribution in [-0.4, -0.2) is 79.4 Å². The van der Waals surface area contributed by atoms with E-state index in [-0.39, 0.29) is 70.0 Å². The molecule has 344 valence electrons. The van der Waals surface area contributed by atoms with Gasteiger partial charge in [0.2, 0.25) is 17.7 Å². The number of hydrogen-bond donors (Lipinski definition) is 4. The molecule has 0 saturated heterocycles. The largest absolute Gasteiger partial charge is 0.492 e. The Morgan fingerprint density at radius 1 is 0.875 bits per heavy atom. The average Bonchev–Trinajstić information content (AvgIpc) is 3.27. The van der Waals surface area contributed by atoms with Crippen molar-refractivity contribution in [1.29, 1.82) is 5.26 Å². The Labute approximate surface area is 377 Å². The van der Waals surface area contributed by atoms with Gasteiger partial charge in [0, 0.05) is 74.8 Å². The van der Waals surface area contributed by atoms with Crippen molar-refractivity contribution in [2.45, 2.75) is 116 Å². The predicted molar refractivity (Wildman–Crippen MR) is 245 cm³/mol. The van der Waals surface area contributed by atoms with Crippen molar-refractivity contribution in [2.24, 2.45) is 29.0 Å². The standard InChI is InChI=1S/C50H66N6O8/c1-5-6-7-8-9-10-12-34-14-17-38(32(2)25-34)43(58)30-37(31-47(54)60)50(62)56(4)48-36-16-19-46(64-24-22-53)40(29-36)39-27-35(15-18-45(39)63-23-21-52)28-41(42(57)13-11-20-51)55-49(61)33(3)26-44(48)59/h14-19,25,27,29,33,37,41,48H,5-13,21-24,26,28,30-31,52-53H2,1-4H3,(H2,54,60)(H,55,61)/t33-,37+,41+,48+/m1/s1. The molecule has 0 fully saturated rings. The molecule has 4 rings (SSSR count). The van der Waals surface area contributed by atoms with E-state index in [0.717, 1.165) is 30.4 Å². The second-order valence-corrected chi connectivity index (χ2v) is 16.8. The molecule has 0 spiro atoms. The Bertz CT molecular complexity index is 2170. The lowest BCUT2D eigenvalue weighted by atomic mass is 9.87. The SMILES string of the molecule is CCCCCCCCc1ccc(C(=O)C[C@@H](CC(N)=O)C(=O)N(C)[C@@H]2C(=O)C[C@@H](C)C(=O)N[C@H](C(=O)CCC#N)Cc3ccc(OCCN)c(c3)-c3cc2ccc3OCCN)c(C)c1. The summed E-state index contributed by atoms with van der Waals surface area (Å²) < 4.78 is 12.2. The monoisotopic (exact) mass is 878 g/mol. The molecule has 3 aromatic rings. The van der Waals surface area contributed by atoms with E-state index in [2.05, 4.69) is 12.2 Å². The third-order valence-corrected chi connectivity index (χ3v) is 11.7. The number of nitrogens with two attached hydrogens (primary N) is 3. The molecule has 4 bridgehead atoms. The summed E-state index contributed by atoms with van der Waals surface area (Å²) in [5.74, 6) is -4.57. The van der Waals surface area contributed by atoms with Gasteiger partial charge in [-0.2, -0.15) is 5.26 Å². The fourth-order valence-corrected chi connectivity index (χ4v) is 8.25. The van der Waals surface area contributed by atoms with Crippen LogP contribution in [0.15, 0.2) is 54.6 Å².